The van der Waals surface area contributed by atoms with E-state index >= 15 is 0 Å². The van der Waals surface area contributed by atoms with E-state index in [4.69, 9.17) is 5.73 Å². The number of nitrogen functional groups attached to an aromatic ring is 1. The third-order valence-electron chi connectivity index (χ3n) is 2.63. The van der Waals surface area contributed by atoms with Gasteiger partial charge in [0.25, 0.3) is 10.0 Å². The molecule has 3 aromatic rings. The quantitative estimate of drug-likeness (QED) is 0.582. The lowest BCUT2D eigenvalue weighted by Gasteiger charge is -2.05. The van der Waals surface area contributed by atoms with Crippen molar-refractivity contribution >= 4 is 43.8 Å². The second-order valence-corrected chi connectivity index (χ2v) is 6.96. The molecular formula is C11H10N4O3S2. The predicted molar refractivity (Wildman–Crippen MR) is 78.5 cm³/mol. The van der Waals surface area contributed by atoms with Crippen LogP contribution in [0.2, 0.25) is 0 Å². The van der Waals surface area contributed by atoms with Crippen molar-refractivity contribution in [1.82, 2.24) is 9.97 Å². The molecule has 5 N–H and O–H groups in total. The molecule has 0 fully saturated rings. The van der Waals surface area contributed by atoms with Gasteiger partial charge in [-0.15, -0.1) is 11.3 Å². The molecule has 7 nitrogen and oxygen atoms in total. The second-order valence-electron chi connectivity index (χ2n) is 4.14. The lowest BCUT2D eigenvalue weighted by Crippen LogP contribution is -2.11. The molecular weight excluding hydrogens is 300 g/mol. The van der Waals surface area contributed by atoms with Crippen molar-refractivity contribution in [3.05, 3.63) is 40.1 Å². The molecule has 1 aromatic carbocycles. The van der Waals surface area contributed by atoms with E-state index in [2.05, 4.69) is 14.7 Å². The summed E-state index contributed by atoms with van der Waals surface area (Å²) in [5, 5.41) is 1.56. The van der Waals surface area contributed by atoms with E-state index in [0.29, 0.717) is 22.4 Å². The van der Waals surface area contributed by atoms with E-state index in [1.165, 1.54) is 6.07 Å². The summed E-state index contributed by atoms with van der Waals surface area (Å²) in [6.45, 7) is 0. The Balaban J connectivity index is 1.98. The molecule has 2 heterocycles. The molecule has 0 radical (unpaired) electrons. The molecule has 0 aliphatic carbocycles. The van der Waals surface area contributed by atoms with Gasteiger partial charge in [-0.2, -0.15) is 0 Å². The number of nitrogens with two attached hydrogens (primary N) is 1. The van der Waals surface area contributed by atoms with Crippen LogP contribution in [0.3, 0.4) is 0 Å². The molecule has 0 saturated heterocycles. The Morgan fingerprint density at radius 3 is 2.60 bits per heavy atom. The maximum absolute atomic E-state index is 12.1. The highest BCUT2D eigenvalue weighted by atomic mass is 32.2. The number of hydrogen-bond donors (Lipinski definition) is 4. The minimum Gasteiger partial charge on any atom is -0.398 e. The fourth-order valence-corrected chi connectivity index (χ4v) is 3.90. The normalized spacial score (nSPS) is 11.8. The van der Waals surface area contributed by atoms with Gasteiger partial charge in [-0.3, -0.25) is 4.72 Å². The van der Waals surface area contributed by atoms with Gasteiger partial charge < -0.3 is 15.7 Å². The van der Waals surface area contributed by atoms with Crippen LogP contribution in [0.15, 0.2) is 38.6 Å². The third kappa shape index (κ3) is 2.28. The summed E-state index contributed by atoms with van der Waals surface area (Å²) in [6.07, 6.45) is 0. The molecule has 0 aliphatic heterocycles. The summed E-state index contributed by atoms with van der Waals surface area (Å²) in [5.41, 5.74) is 7.08. The fraction of sp³-hybridized carbons (Fsp3) is 0. The van der Waals surface area contributed by atoms with Crippen LogP contribution in [-0.2, 0) is 10.0 Å². The minimum atomic E-state index is -3.67. The number of nitrogens with one attached hydrogen (secondary N) is 3. The monoisotopic (exact) mass is 310 g/mol. The highest BCUT2D eigenvalue weighted by Gasteiger charge is 2.16. The number of thiophene rings is 1. The molecule has 0 saturated carbocycles. The summed E-state index contributed by atoms with van der Waals surface area (Å²) < 4.78 is 26.8. The number of fused-ring (bicyclic) bond motifs is 1. The first-order chi connectivity index (χ1) is 9.44. The van der Waals surface area contributed by atoms with Gasteiger partial charge in [0.05, 0.1) is 16.7 Å². The van der Waals surface area contributed by atoms with Crippen LogP contribution in [0.1, 0.15) is 0 Å². The van der Waals surface area contributed by atoms with Crippen molar-refractivity contribution < 1.29 is 8.42 Å². The highest BCUT2D eigenvalue weighted by Crippen LogP contribution is 2.25. The Morgan fingerprint density at radius 2 is 1.90 bits per heavy atom. The number of benzene rings is 1. The number of hydrogen-bond acceptors (Lipinski definition) is 5. The number of H-pyrrole nitrogens is 2. The van der Waals surface area contributed by atoms with Crippen LogP contribution < -0.4 is 16.1 Å². The van der Waals surface area contributed by atoms with Crippen LogP contribution in [-0.4, -0.2) is 18.4 Å². The van der Waals surface area contributed by atoms with E-state index < -0.39 is 10.0 Å². The van der Waals surface area contributed by atoms with E-state index in [-0.39, 0.29) is 9.90 Å². The first-order valence-corrected chi connectivity index (χ1v) is 7.89. The maximum atomic E-state index is 12.1. The standard InChI is InChI=1S/C11H10N4O3S2/c12-6-3-10(19-5-6)20(17,18)15-7-1-2-8-9(4-7)14-11(16)13-8/h1-5,15H,12H2,(H2,13,14,16). The lowest BCUT2D eigenvalue weighted by molar-refractivity contribution is 0.603. The molecule has 9 heteroatoms. The second kappa shape index (κ2) is 4.39. The summed E-state index contributed by atoms with van der Waals surface area (Å²) in [6, 6.07) is 6.12. The molecule has 0 spiro atoms. The number of aromatic nitrogens is 2. The van der Waals surface area contributed by atoms with Crippen LogP contribution in [0, 0.1) is 0 Å². The number of anilines is 2. The zero-order chi connectivity index (χ0) is 14.3. The summed E-state index contributed by atoms with van der Waals surface area (Å²) in [7, 11) is -3.67. The van der Waals surface area contributed by atoms with Crippen LogP contribution >= 0.6 is 11.3 Å². The summed E-state index contributed by atoms with van der Waals surface area (Å²) >= 11 is 1.04. The number of aromatic amines is 2. The number of sulfonamides is 1. The average molecular weight is 310 g/mol. The Hall–Kier alpha value is -2.26. The van der Waals surface area contributed by atoms with Gasteiger partial charge in [0.2, 0.25) is 0 Å². The minimum absolute atomic E-state index is 0.137. The molecule has 0 amide bonds. The molecule has 20 heavy (non-hydrogen) atoms. The van der Waals surface area contributed by atoms with Crippen molar-refractivity contribution in [2.75, 3.05) is 10.5 Å². The highest BCUT2D eigenvalue weighted by molar-refractivity contribution is 7.94. The van der Waals surface area contributed by atoms with E-state index in [9.17, 15) is 13.2 Å². The van der Waals surface area contributed by atoms with Crippen molar-refractivity contribution in [3.63, 3.8) is 0 Å². The Labute approximate surface area is 117 Å². The lowest BCUT2D eigenvalue weighted by atomic mass is 10.3. The van der Waals surface area contributed by atoms with Crippen LogP contribution in [0.25, 0.3) is 11.0 Å². The van der Waals surface area contributed by atoms with Gasteiger partial charge in [0, 0.05) is 11.1 Å². The Morgan fingerprint density at radius 1 is 1.15 bits per heavy atom. The fourth-order valence-electron chi connectivity index (χ4n) is 1.77. The summed E-state index contributed by atoms with van der Waals surface area (Å²) in [5.74, 6) is 0. The van der Waals surface area contributed by atoms with Crippen molar-refractivity contribution in [2.24, 2.45) is 0 Å². The van der Waals surface area contributed by atoms with Crippen molar-refractivity contribution in [1.29, 1.82) is 0 Å². The zero-order valence-electron chi connectivity index (χ0n) is 10.0. The largest absolute Gasteiger partial charge is 0.398 e. The molecule has 0 atom stereocenters. The van der Waals surface area contributed by atoms with Gasteiger partial charge in [-0.1, -0.05) is 0 Å². The molecule has 3 rings (SSSR count). The predicted octanol–water partition coefficient (Wildman–Crippen LogP) is 1.30. The topological polar surface area (TPSA) is 121 Å². The van der Waals surface area contributed by atoms with Crippen molar-refractivity contribution in [3.8, 4) is 0 Å². The molecule has 0 aliphatic rings. The zero-order valence-corrected chi connectivity index (χ0v) is 11.6. The van der Waals surface area contributed by atoms with E-state index in [1.807, 2.05) is 0 Å². The van der Waals surface area contributed by atoms with Crippen LogP contribution in [0.4, 0.5) is 11.4 Å². The first-order valence-electron chi connectivity index (χ1n) is 5.53. The molecule has 104 valence electrons. The van der Waals surface area contributed by atoms with Gasteiger partial charge in [-0.05, 0) is 24.3 Å². The number of rotatable bonds is 3. The van der Waals surface area contributed by atoms with Gasteiger partial charge in [-0.25, -0.2) is 13.2 Å². The molecule has 0 bridgehead atoms. The van der Waals surface area contributed by atoms with E-state index in [1.54, 1.807) is 23.6 Å². The van der Waals surface area contributed by atoms with Crippen LogP contribution in [0.5, 0.6) is 0 Å². The van der Waals surface area contributed by atoms with Gasteiger partial charge >= 0.3 is 5.69 Å². The van der Waals surface area contributed by atoms with Crippen molar-refractivity contribution in [2.45, 2.75) is 4.21 Å². The molecule has 2 aromatic heterocycles. The van der Waals surface area contributed by atoms with E-state index in [0.717, 1.165) is 11.3 Å². The molecule has 0 unspecified atom stereocenters. The van der Waals surface area contributed by atoms with Gasteiger partial charge in [0.15, 0.2) is 0 Å². The average Bonchev–Trinajstić information content (AvgIpc) is 2.93. The summed E-state index contributed by atoms with van der Waals surface area (Å²) in [4.78, 5) is 16.3. The first kappa shape index (κ1) is 12.8. The maximum Gasteiger partial charge on any atom is 0.323 e. The smallest absolute Gasteiger partial charge is 0.323 e. The van der Waals surface area contributed by atoms with Gasteiger partial charge in [0.1, 0.15) is 4.21 Å². The Bertz CT molecular complexity index is 936. The third-order valence-corrected chi connectivity index (χ3v) is 5.47. The SMILES string of the molecule is Nc1csc(S(=O)(=O)Nc2ccc3[nH]c(=O)[nH]c3c2)c1. The Kier molecular flexibility index (Phi) is 2.80. The number of imidazole rings is 1.